The molecule has 0 saturated carbocycles. The van der Waals surface area contributed by atoms with E-state index in [-0.39, 0.29) is 0 Å². The fourth-order valence-electron chi connectivity index (χ4n) is 2.72. The fraction of sp³-hybridized carbons (Fsp3) is 0.850. The molecule has 0 aromatic heterocycles. The Morgan fingerprint density at radius 3 is 1.15 bits per heavy atom. The number of hydrogen-bond donors (Lipinski definition) is 0. The van der Waals surface area contributed by atoms with Gasteiger partial charge >= 0.3 is 0 Å². The molecular formula is C20H39. The van der Waals surface area contributed by atoms with Gasteiger partial charge in [0, 0.05) is 0 Å². The van der Waals surface area contributed by atoms with Crippen LogP contribution in [-0.4, -0.2) is 0 Å². The van der Waals surface area contributed by atoms with Crippen LogP contribution in [0.5, 0.6) is 0 Å². The summed E-state index contributed by atoms with van der Waals surface area (Å²) in [7, 11) is 0. The van der Waals surface area contributed by atoms with Crippen molar-refractivity contribution < 1.29 is 0 Å². The van der Waals surface area contributed by atoms with Gasteiger partial charge in [-0.15, -0.1) is 6.58 Å². The first-order valence-corrected chi connectivity index (χ1v) is 9.21. The van der Waals surface area contributed by atoms with Crippen LogP contribution < -0.4 is 0 Å². The van der Waals surface area contributed by atoms with Gasteiger partial charge in [-0.25, -0.2) is 0 Å². The number of hydrogen-bond acceptors (Lipinski definition) is 0. The first kappa shape index (κ1) is 19.7. The lowest BCUT2D eigenvalue weighted by molar-refractivity contribution is 0.533. The molecular weight excluding hydrogens is 240 g/mol. The van der Waals surface area contributed by atoms with Crippen molar-refractivity contribution in [3.8, 4) is 0 Å². The molecule has 1 radical (unpaired) electrons. The van der Waals surface area contributed by atoms with E-state index in [0.29, 0.717) is 0 Å². The van der Waals surface area contributed by atoms with Gasteiger partial charge in [0.05, 0.1) is 0 Å². The van der Waals surface area contributed by atoms with Crippen LogP contribution in [-0.2, 0) is 0 Å². The zero-order chi connectivity index (χ0) is 14.9. The summed E-state index contributed by atoms with van der Waals surface area (Å²) in [6.07, 6.45) is 22.3. The van der Waals surface area contributed by atoms with Gasteiger partial charge in [-0.3, -0.25) is 0 Å². The van der Waals surface area contributed by atoms with Crippen molar-refractivity contribution in [3.63, 3.8) is 0 Å². The van der Waals surface area contributed by atoms with Crippen molar-refractivity contribution >= 4 is 0 Å². The molecule has 0 fully saturated rings. The van der Waals surface area contributed by atoms with Crippen LogP contribution in [0.3, 0.4) is 0 Å². The predicted octanol–water partition coefficient (Wildman–Crippen LogP) is 7.64. The normalized spacial score (nSPS) is 10.9. The predicted molar refractivity (Wildman–Crippen MR) is 94.0 cm³/mol. The molecule has 0 nitrogen and oxygen atoms in total. The highest BCUT2D eigenvalue weighted by Crippen LogP contribution is 2.14. The topological polar surface area (TPSA) is 0 Å². The van der Waals surface area contributed by atoms with Crippen LogP contribution in [0, 0.1) is 6.92 Å². The summed E-state index contributed by atoms with van der Waals surface area (Å²) in [5.41, 5.74) is 1.34. The maximum Gasteiger partial charge on any atom is -0.0326 e. The van der Waals surface area contributed by atoms with Crippen LogP contribution in [0.1, 0.15) is 110 Å². The van der Waals surface area contributed by atoms with E-state index in [4.69, 9.17) is 0 Å². The lowest BCUT2D eigenvalue weighted by Crippen LogP contribution is -1.83. The third-order valence-electron chi connectivity index (χ3n) is 4.10. The smallest absolute Gasteiger partial charge is 0.0326 e. The molecule has 0 rings (SSSR count). The summed E-state index contributed by atoms with van der Waals surface area (Å²) in [4.78, 5) is 0. The lowest BCUT2D eigenvalue weighted by Gasteiger charge is -2.03. The molecule has 0 N–H and O–H groups in total. The van der Waals surface area contributed by atoms with E-state index in [9.17, 15) is 0 Å². The van der Waals surface area contributed by atoms with E-state index < -0.39 is 0 Å². The molecule has 20 heavy (non-hydrogen) atoms. The second kappa shape index (κ2) is 16.8. The van der Waals surface area contributed by atoms with Gasteiger partial charge in [-0.2, -0.15) is 0 Å². The highest BCUT2D eigenvalue weighted by Gasteiger charge is 1.94. The van der Waals surface area contributed by atoms with Gasteiger partial charge < -0.3 is 0 Å². The Morgan fingerprint density at radius 1 is 0.550 bits per heavy atom. The minimum atomic E-state index is 1.12. The first-order chi connectivity index (χ1) is 9.77. The van der Waals surface area contributed by atoms with E-state index in [0.717, 1.165) is 6.42 Å². The molecule has 0 aromatic rings. The molecule has 0 saturated heterocycles. The Morgan fingerprint density at radius 2 is 0.850 bits per heavy atom. The minimum Gasteiger partial charge on any atom is -0.100 e. The summed E-state index contributed by atoms with van der Waals surface area (Å²) in [5, 5.41) is 0. The third-order valence-corrected chi connectivity index (χ3v) is 4.10. The standard InChI is InChI=1S/C20H39/c1-4-5-6-7-8-9-10-11-12-13-14-15-16-17-18-19-20(2)3/h1-2,4-19H2,3H3. The van der Waals surface area contributed by atoms with E-state index >= 15 is 0 Å². The van der Waals surface area contributed by atoms with Crippen LogP contribution in [0.4, 0.5) is 0 Å². The minimum absolute atomic E-state index is 1.12. The second-order valence-corrected chi connectivity index (χ2v) is 6.51. The fourth-order valence-corrected chi connectivity index (χ4v) is 2.72. The molecule has 0 amide bonds. The van der Waals surface area contributed by atoms with Crippen molar-refractivity contribution in [2.75, 3.05) is 0 Å². The van der Waals surface area contributed by atoms with Crippen molar-refractivity contribution in [2.45, 2.75) is 110 Å². The molecule has 0 aromatic carbocycles. The molecule has 119 valence electrons. The van der Waals surface area contributed by atoms with Crippen LogP contribution >= 0.6 is 0 Å². The molecule has 0 heteroatoms. The molecule has 0 heterocycles. The zero-order valence-corrected chi connectivity index (χ0v) is 14.2. The van der Waals surface area contributed by atoms with Crippen LogP contribution in [0.2, 0.25) is 0 Å². The van der Waals surface area contributed by atoms with Crippen LogP contribution in [0.25, 0.3) is 0 Å². The van der Waals surface area contributed by atoms with E-state index in [1.807, 2.05) is 0 Å². The maximum atomic E-state index is 3.96. The molecule has 0 spiro atoms. The van der Waals surface area contributed by atoms with Gasteiger partial charge in [0.1, 0.15) is 0 Å². The second-order valence-electron chi connectivity index (χ2n) is 6.51. The van der Waals surface area contributed by atoms with E-state index in [1.165, 1.54) is 102 Å². The molecule has 0 aliphatic carbocycles. The summed E-state index contributed by atoms with van der Waals surface area (Å²) in [6.45, 7) is 9.98. The van der Waals surface area contributed by atoms with Crippen LogP contribution in [0.15, 0.2) is 12.2 Å². The Bertz CT molecular complexity index is 192. The van der Waals surface area contributed by atoms with Crippen molar-refractivity contribution in [2.24, 2.45) is 0 Å². The maximum absolute atomic E-state index is 3.96. The first-order valence-electron chi connectivity index (χ1n) is 9.21. The Labute approximate surface area is 129 Å². The number of allylic oxidation sites excluding steroid dienone is 1. The zero-order valence-electron chi connectivity index (χ0n) is 14.2. The Balaban J connectivity index is 2.94. The Hall–Kier alpha value is -0.260. The number of rotatable bonds is 16. The van der Waals surface area contributed by atoms with Gasteiger partial charge in [0.2, 0.25) is 0 Å². The Kier molecular flexibility index (Phi) is 16.6. The van der Waals surface area contributed by atoms with Crippen molar-refractivity contribution in [3.05, 3.63) is 19.1 Å². The summed E-state index contributed by atoms with van der Waals surface area (Å²) >= 11 is 0. The van der Waals surface area contributed by atoms with Gasteiger partial charge in [-0.05, 0) is 19.8 Å². The molecule has 0 bridgehead atoms. The van der Waals surface area contributed by atoms with Gasteiger partial charge in [-0.1, -0.05) is 102 Å². The SMILES string of the molecule is [CH2]CCCCCCCCCCCCCCCCC(=C)C. The summed E-state index contributed by atoms with van der Waals surface area (Å²) in [6, 6.07) is 0. The quantitative estimate of drug-likeness (QED) is 0.201. The van der Waals surface area contributed by atoms with E-state index in [1.54, 1.807) is 0 Å². The van der Waals surface area contributed by atoms with Gasteiger partial charge in [0.15, 0.2) is 0 Å². The average Bonchev–Trinajstić information content (AvgIpc) is 2.43. The molecule has 0 aliphatic heterocycles. The average molecular weight is 280 g/mol. The van der Waals surface area contributed by atoms with Gasteiger partial charge in [0.25, 0.3) is 0 Å². The van der Waals surface area contributed by atoms with E-state index in [2.05, 4.69) is 20.4 Å². The summed E-state index contributed by atoms with van der Waals surface area (Å²) in [5.74, 6) is 0. The molecule has 0 aliphatic rings. The number of unbranched alkanes of at least 4 members (excludes halogenated alkanes) is 14. The lowest BCUT2D eigenvalue weighted by atomic mass is 10.0. The monoisotopic (exact) mass is 279 g/mol. The third kappa shape index (κ3) is 17.7. The van der Waals surface area contributed by atoms with Crippen molar-refractivity contribution in [1.82, 2.24) is 0 Å². The summed E-state index contributed by atoms with van der Waals surface area (Å²) < 4.78 is 0. The highest BCUT2D eigenvalue weighted by molar-refractivity contribution is 4.86. The molecule has 0 unspecified atom stereocenters. The largest absolute Gasteiger partial charge is 0.100 e. The molecule has 0 atom stereocenters. The van der Waals surface area contributed by atoms with Crippen molar-refractivity contribution in [1.29, 1.82) is 0 Å². The highest BCUT2D eigenvalue weighted by atomic mass is 14.0.